The summed E-state index contributed by atoms with van der Waals surface area (Å²) in [5.41, 5.74) is 1.16. The third-order valence-corrected chi connectivity index (χ3v) is 6.09. The van der Waals surface area contributed by atoms with Crippen LogP contribution in [0.5, 0.6) is 0 Å². The topological polar surface area (TPSA) is 114 Å². The predicted molar refractivity (Wildman–Crippen MR) is 161 cm³/mol. The van der Waals surface area contributed by atoms with Gasteiger partial charge in [0.25, 0.3) is 5.91 Å². The van der Waals surface area contributed by atoms with Crippen molar-refractivity contribution in [3.8, 4) is 12.5 Å². The van der Waals surface area contributed by atoms with Crippen LogP contribution in [0.15, 0.2) is 48.5 Å². The molecule has 0 heterocycles. The molecule has 0 radical (unpaired) electrons. The molecule has 2 aromatic rings. The number of nitrogens with zero attached hydrogens (tertiary/aromatic N) is 1. The number of amides is 3. The van der Waals surface area contributed by atoms with Gasteiger partial charge in [-0.15, -0.1) is 0 Å². The molecular weight excluding hydrogens is 534 g/mol. The first-order valence-corrected chi connectivity index (χ1v) is 13.9. The van der Waals surface area contributed by atoms with Gasteiger partial charge in [0, 0.05) is 12.5 Å². The Morgan fingerprint density at radius 3 is 1.90 bits per heavy atom. The Labute approximate surface area is 249 Å². The van der Waals surface area contributed by atoms with Gasteiger partial charge in [-0.25, -0.2) is 9.59 Å². The van der Waals surface area contributed by atoms with Gasteiger partial charge in [-0.05, 0) is 84.6 Å². The van der Waals surface area contributed by atoms with Crippen LogP contribution in [-0.2, 0) is 30.3 Å². The smallest absolute Gasteiger partial charge is 0.408 e. The normalized spacial score (nSPS) is 13.5. The lowest BCUT2D eigenvalue weighted by Crippen LogP contribution is -2.53. The molecule has 3 amide bonds. The van der Waals surface area contributed by atoms with Crippen molar-refractivity contribution in [2.45, 2.75) is 98.1 Å². The lowest BCUT2D eigenvalue weighted by molar-refractivity contribution is -0.159. The summed E-state index contributed by atoms with van der Waals surface area (Å²) in [6.45, 7) is 15.4. The molecule has 2 N–H and O–H groups in total. The maximum absolute atomic E-state index is 14.1. The van der Waals surface area contributed by atoms with E-state index in [2.05, 4.69) is 16.7 Å². The van der Waals surface area contributed by atoms with E-state index in [4.69, 9.17) is 15.9 Å². The van der Waals surface area contributed by atoms with E-state index < -0.39 is 53.2 Å². The van der Waals surface area contributed by atoms with Crippen LogP contribution < -0.4 is 10.6 Å². The molecule has 2 rings (SSSR count). The number of hydrogen-bond acceptors (Lipinski definition) is 6. The van der Waals surface area contributed by atoms with Crippen molar-refractivity contribution in [1.82, 2.24) is 15.5 Å². The molecule has 0 aliphatic heterocycles. The lowest BCUT2D eigenvalue weighted by Gasteiger charge is -2.32. The van der Waals surface area contributed by atoms with Crippen LogP contribution in [0.1, 0.15) is 76.8 Å². The number of carbonyl (C=O) groups excluding carboxylic acids is 4. The Bertz CT molecular complexity index is 1300. The standard InChI is InChI=1S/C33H43N3O6/c1-11-36(29(38)23(4)34-31(40)42-33(8,9)10)27(26-21(2)16-15-17-22(26)3)28(37)35-25(30(39)41-32(5,6)7)20-24-18-13-12-14-19-24/h1,12-19,23,25,27H,20H2,2-10H3,(H,34,40)(H,35,37). The second-order valence-electron chi connectivity index (χ2n) is 12.2. The van der Waals surface area contributed by atoms with Gasteiger partial charge in [0.1, 0.15) is 29.3 Å². The zero-order valence-corrected chi connectivity index (χ0v) is 26.0. The SMILES string of the molecule is C#CN(C(=O)C(C)NC(=O)OC(C)(C)C)C(C(=O)NC(Cc1ccccc1)C(=O)OC(C)(C)C)c1c(C)cccc1C. The quantitative estimate of drug-likeness (QED) is 0.253. The van der Waals surface area contributed by atoms with Crippen molar-refractivity contribution in [2.75, 3.05) is 0 Å². The van der Waals surface area contributed by atoms with Crippen LogP contribution in [0.3, 0.4) is 0 Å². The van der Waals surface area contributed by atoms with Crippen molar-refractivity contribution in [2.24, 2.45) is 0 Å². The van der Waals surface area contributed by atoms with Crippen LogP contribution in [-0.4, -0.2) is 52.1 Å². The van der Waals surface area contributed by atoms with Crippen molar-refractivity contribution in [3.05, 3.63) is 70.8 Å². The van der Waals surface area contributed by atoms with Gasteiger partial charge in [-0.2, -0.15) is 0 Å². The van der Waals surface area contributed by atoms with Crippen molar-refractivity contribution >= 4 is 23.9 Å². The lowest BCUT2D eigenvalue weighted by atomic mass is 9.93. The zero-order valence-electron chi connectivity index (χ0n) is 26.0. The Morgan fingerprint density at radius 1 is 0.857 bits per heavy atom. The highest BCUT2D eigenvalue weighted by Gasteiger charge is 2.38. The average Bonchev–Trinajstić information content (AvgIpc) is 2.85. The second-order valence-corrected chi connectivity index (χ2v) is 12.2. The molecule has 3 unspecified atom stereocenters. The summed E-state index contributed by atoms with van der Waals surface area (Å²) in [6, 6.07) is 13.5. The fourth-order valence-corrected chi connectivity index (χ4v) is 4.32. The number of nitrogens with one attached hydrogen (secondary N) is 2. The van der Waals surface area contributed by atoms with Crippen molar-refractivity contribution in [1.29, 1.82) is 0 Å². The molecular formula is C33H43N3O6. The van der Waals surface area contributed by atoms with Gasteiger partial charge < -0.3 is 20.1 Å². The molecule has 0 aliphatic carbocycles. The van der Waals surface area contributed by atoms with Crippen molar-refractivity contribution < 1.29 is 28.7 Å². The molecule has 0 aromatic heterocycles. The van der Waals surface area contributed by atoms with Crippen LogP contribution in [0, 0.1) is 26.3 Å². The van der Waals surface area contributed by atoms with E-state index in [1.807, 2.05) is 36.4 Å². The largest absolute Gasteiger partial charge is 0.458 e. The van der Waals surface area contributed by atoms with Gasteiger partial charge in [-0.3, -0.25) is 14.5 Å². The first-order chi connectivity index (χ1) is 19.4. The summed E-state index contributed by atoms with van der Waals surface area (Å²) >= 11 is 0. The minimum Gasteiger partial charge on any atom is -0.458 e. The Balaban J connectivity index is 2.52. The van der Waals surface area contributed by atoms with E-state index >= 15 is 0 Å². The molecule has 0 spiro atoms. The maximum atomic E-state index is 14.1. The molecule has 0 fully saturated rings. The molecule has 42 heavy (non-hydrogen) atoms. The molecule has 3 atom stereocenters. The average molecular weight is 578 g/mol. The highest BCUT2D eigenvalue weighted by Crippen LogP contribution is 2.28. The first kappa shape index (κ1) is 33.9. The Kier molecular flexibility index (Phi) is 11.3. The van der Waals surface area contributed by atoms with Crippen LogP contribution in [0.4, 0.5) is 4.79 Å². The Hall–Kier alpha value is -4.32. The number of rotatable bonds is 9. The third-order valence-electron chi connectivity index (χ3n) is 6.09. The van der Waals surface area contributed by atoms with Crippen LogP contribution in [0.25, 0.3) is 0 Å². The first-order valence-electron chi connectivity index (χ1n) is 13.9. The summed E-state index contributed by atoms with van der Waals surface area (Å²) in [7, 11) is 0. The minimum atomic E-state index is -1.31. The monoisotopic (exact) mass is 577 g/mol. The second kappa shape index (κ2) is 14.0. The van der Waals surface area contributed by atoms with E-state index in [0.717, 1.165) is 10.5 Å². The number of aryl methyl sites for hydroxylation is 2. The fraction of sp³-hybridized carbons (Fsp3) is 0.455. The summed E-state index contributed by atoms with van der Waals surface area (Å²) in [6.07, 6.45) is 5.21. The number of esters is 1. The zero-order chi connectivity index (χ0) is 31.8. The number of alkyl carbamates (subject to hydrolysis) is 1. The molecule has 9 nitrogen and oxygen atoms in total. The number of terminal acetylenes is 1. The highest BCUT2D eigenvalue weighted by molar-refractivity contribution is 5.95. The molecule has 9 heteroatoms. The van der Waals surface area contributed by atoms with Crippen molar-refractivity contribution in [3.63, 3.8) is 0 Å². The Morgan fingerprint density at radius 2 is 1.40 bits per heavy atom. The molecule has 0 bridgehead atoms. The van der Waals surface area contributed by atoms with Gasteiger partial charge in [0.05, 0.1) is 0 Å². The number of benzene rings is 2. The summed E-state index contributed by atoms with van der Waals surface area (Å²) in [5.74, 6) is -2.00. The number of hydrogen-bond donors (Lipinski definition) is 2. The van der Waals surface area contributed by atoms with Gasteiger partial charge in [0.2, 0.25) is 5.91 Å². The molecule has 0 saturated carbocycles. The molecule has 0 aliphatic rings. The number of carbonyl (C=O) groups is 4. The number of ether oxygens (including phenoxy) is 2. The van der Waals surface area contributed by atoms with Gasteiger partial charge in [-0.1, -0.05) is 55.0 Å². The third kappa shape index (κ3) is 9.95. The van der Waals surface area contributed by atoms with Gasteiger partial charge in [0.15, 0.2) is 0 Å². The van der Waals surface area contributed by atoms with Gasteiger partial charge >= 0.3 is 12.1 Å². The predicted octanol–water partition coefficient (Wildman–Crippen LogP) is 4.75. The minimum absolute atomic E-state index is 0.154. The fourth-order valence-electron chi connectivity index (χ4n) is 4.32. The van der Waals surface area contributed by atoms with Crippen LogP contribution >= 0.6 is 0 Å². The summed E-state index contributed by atoms with van der Waals surface area (Å²) in [5, 5.41) is 5.30. The van der Waals surface area contributed by atoms with E-state index in [1.165, 1.54) is 6.92 Å². The summed E-state index contributed by atoms with van der Waals surface area (Å²) < 4.78 is 10.9. The maximum Gasteiger partial charge on any atom is 0.408 e. The van der Waals surface area contributed by atoms with E-state index in [9.17, 15) is 19.2 Å². The van der Waals surface area contributed by atoms with E-state index in [0.29, 0.717) is 16.7 Å². The molecule has 2 aromatic carbocycles. The van der Waals surface area contributed by atoms with Crippen LogP contribution in [0.2, 0.25) is 0 Å². The highest BCUT2D eigenvalue weighted by atomic mass is 16.6. The molecule has 0 saturated heterocycles. The van der Waals surface area contributed by atoms with E-state index in [-0.39, 0.29) is 6.42 Å². The summed E-state index contributed by atoms with van der Waals surface area (Å²) in [4.78, 5) is 54.4. The molecule has 226 valence electrons. The van der Waals surface area contributed by atoms with E-state index in [1.54, 1.807) is 67.5 Å².